The van der Waals surface area contributed by atoms with E-state index in [0.29, 0.717) is 0 Å². The molecule has 0 saturated carbocycles. The first kappa shape index (κ1) is 40.5. The van der Waals surface area contributed by atoms with Crippen LogP contribution in [-0.2, 0) is 12.8 Å². The average Bonchev–Trinajstić information content (AvgIpc) is 3.58. The van der Waals surface area contributed by atoms with E-state index >= 15 is 0 Å². The molecule has 2 aromatic heterocycles. The fourth-order valence-corrected chi connectivity index (χ4v) is 9.70. The minimum Gasteiger partial charge on any atom is -0.136 e. The van der Waals surface area contributed by atoms with Crippen molar-refractivity contribution in [3.8, 4) is 11.1 Å². The molecule has 0 aliphatic carbocycles. The van der Waals surface area contributed by atoms with Crippen molar-refractivity contribution in [1.82, 2.24) is 0 Å². The molecule has 0 bridgehead atoms. The van der Waals surface area contributed by atoms with E-state index in [1.807, 2.05) is 22.7 Å². The summed E-state index contributed by atoms with van der Waals surface area (Å²) in [5, 5.41) is 4.82. The predicted molar refractivity (Wildman–Crippen MR) is 211 cm³/mol. The van der Waals surface area contributed by atoms with Crippen LogP contribution in [0.15, 0.2) is 18.3 Å². The quantitative estimate of drug-likeness (QED) is 0.0670. The Bertz CT molecular complexity index is 840. The molecule has 0 aliphatic rings. The van der Waals surface area contributed by atoms with Gasteiger partial charge in [-0.2, -0.15) is 0 Å². The number of thiophene rings is 2. The van der Waals surface area contributed by atoms with Gasteiger partial charge in [-0.1, -0.05) is 181 Å². The fourth-order valence-electron chi connectivity index (χ4n) is 6.63. The molecule has 0 nitrogen and oxygen atoms in total. The van der Waals surface area contributed by atoms with Crippen molar-refractivity contribution in [3.63, 3.8) is 0 Å². The molecule has 2 heterocycles. The van der Waals surface area contributed by atoms with Gasteiger partial charge in [0.1, 0.15) is 0 Å². The minimum absolute atomic E-state index is 1.21. The summed E-state index contributed by atoms with van der Waals surface area (Å²) in [6.45, 7) is 4.61. The normalized spacial score (nSPS) is 11.6. The van der Waals surface area contributed by atoms with Gasteiger partial charge in [-0.15, -0.1) is 22.7 Å². The summed E-state index contributed by atoms with van der Waals surface area (Å²) in [4.78, 5) is 0. The Morgan fingerprint density at radius 3 is 0.841 bits per heavy atom. The summed E-state index contributed by atoms with van der Waals surface area (Å²) < 4.78 is 2.71. The molecule has 0 fully saturated rings. The fraction of sp³-hybridized carbons (Fsp3) is 0.800. The monoisotopic (exact) mass is 770 g/mol. The summed E-state index contributed by atoms with van der Waals surface area (Å²) in [7, 11) is 0. The third-order valence-corrected chi connectivity index (χ3v) is 13.2. The van der Waals surface area contributed by atoms with Crippen molar-refractivity contribution >= 4 is 54.5 Å². The zero-order valence-corrected chi connectivity index (χ0v) is 33.7. The molecule has 0 spiro atoms. The van der Waals surface area contributed by atoms with Crippen LogP contribution >= 0.6 is 54.5 Å². The molecule has 254 valence electrons. The average molecular weight is 773 g/mol. The Kier molecular flexibility index (Phi) is 26.1. The highest BCUT2D eigenvalue weighted by Gasteiger charge is 2.17. The molecule has 0 atom stereocenters. The van der Waals surface area contributed by atoms with Gasteiger partial charge in [0.05, 0.1) is 7.57 Å². The van der Waals surface area contributed by atoms with Crippen LogP contribution in [0.5, 0.6) is 0 Å². The van der Waals surface area contributed by atoms with E-state index in [2.05, 4.69) is 56.5 Å². The highest BCUT2D eigenvalue weighted by atomic mass is 79.9. The molecule has 0 aromatic carbocycles. The van der Waals surface area contributed by atoms with Gasteiger partial charge in [0, 0.05) is 10.8 Å². The Balaban J connectivity index is 1.57. The van der Waals surface area contributed by atoms with Crippen LogP contribution < -0.4 is 0 Å². The zero-order chi connectivity index (χ0) is 31.5. The first-order chi connectivity index (χ1) is 21.7. The maximum Gasteiger partial charge on any atom is 0.0736 e. The number of unbranched alkanes of at least 4 members (excludes halogenated alkanes) is 26. The third kappa shape index (κ3) is 18.6. The van der Waals surface area contributed by atoms with Crippen molar-refractivity contribution < 1.29 is 0 Å². The molecule has 4 heteroatoms. The van der Waals surface area contributed by atoms with Crippen LogP contribution in [0.2, 0.25) is 0 Å². The van der Waals surface area contributed by atoms with E-state index in [1.54, 1.807) is 11.1 Å². The molecule has 44 heavy (non-hydrogen) atoms. The maximum atomic E-state index is 3.92. The second-order valence-corrected chi connectivity index (χ2v) is 17.9. The van der Waals surface area contributed by atoms with Crippen molar-refractivity contribution in [3.05, 3.63) is 29.5 Å². The minimum atomic E-state index is 1.21. The molecule has 0 aliphatic heterocycles. The van der Waals surface area contributed by atoms with Crippen LogP contribution in [0.4, 0.5) is 0 Å². The number of hydrogen-bond acceptors (Lipinski definition) is 2. The number of rotatable bonds is 31. The van der Waals surface area contributed by atoms with Gasteiger partial charge in [0.25, 0.3) is 0 Å². The van der Waals surface area contributed by atoms with Gasteiger partial charge in [-0.05, 0) is 79.8 Å². The smallest absolute Gasteiger partial charge is 0.0736 e. The Labute approximate surface area is 299 Å². The first-order valence-electron chi connectivity index (χ1n) is 19.2. The lowest BCUT2D eigenvalue weighted by Gasteiger charge is -2.09. The third-order valence-electron chi connectivity index (χ3n) is 9.54. The molecule has 2 rings (SSSR count). The summed E-state index contributed by atoms with van der Waals surface area (Å²) in [6, 6.07) is 0. The Morgan fingerprint density at radius 2 is 0.591 bits per heavy atom. The molecule has 0 saturated heterocycles. The van der Waals surface area contributed by atoms with Gasteiger partial charge in [-0.25, -0.2) is 0 Å². The van der Waals surface area contributed by atoms with Crippen LogP contribution in [0.25, 0.3) is 11.1 Å². The molecular weight excluding hydrogens is 704 g/mol. The van der Waals surface area contributed by atoms with Gasteiger partial charge in [0.2, 0.25) is 0 Å². The molecule has 2 aromatic rings. The van der Waals surface area contributed by atoms with Crippen LogP contribution in [0, 0.1) is 0 Å². The van der Waals surface area contributed by atoms with Crippen LogP contribution in [0.3, 0.4) is 0 Å². The molecular formula is C40H68Br2S2. The Morgan fingerprint density at radius 1 is 0.364 bits per heavy atom. The lowest BCUT2D eigenvalue weighted by molar-refractivity contribution is 0.535. The van der Waals surface area contributed by atoms with Crippen molar-refractivity contribution in [1.29, 1.82) is 0 Å². The van der Waals surface area contributed by atoms with E-state index < -0.39 is 0 Å². The van der Waals surface area contributed by atoms with Crippen molar-refractivity contribution in [2.45, 2.75) is 206 Å². The predicted octanol–water partition coefficient (Wildman–Crippen LogP) is 17.0. The lowest BCUT2D eigenvalue weighted by Crippen LogP contribution is -1.92. The van der Waals surface area contributed by atoms with E-state index in [-0.39, 0.29) is 0 Å². The standard InChI is InChI=1S/C40H68Br2S2/c1-3-5-7-9-11-13-15-17-19-21-23-25-27-29-31-35-37(33-43-39(35)41)38-34-44-40(42)36(38)32-30-28-26-24-22-20-18-16-14-12-10-8-6-4-2/h33-34H,3-32H2,1-2H3. The molecule has 0 radical (unpaired) electrons. The topological polar surface area (TPSA) is 0 Å². The lowest BCUT2D eigenvalue weighted by atomic mass is 9.96. The summed E-state index contributed by atoms with van der Waals surface area (Å²) in [5.74, 6) is 0. The maximum absolute atomic E-state index is 3.92. The highest BCUT2D eigenvalue weighted by Crippen LogP contribution is 2.42. The largest absolute Gasteiger partial charge is 0.136 e. The zero-order valence-electron chi connectivity index (χ0n) is 28.9. The number of hydrogen-bond donors (Lipinski definition) is 0. The van der Waals surface area contributed by atoms with E-state index in [4.69, 9.17) is 0 Å². The van der Waals surface area contributed by atoms with E-state index in [9.17, 15) is 0 Å². The van der Waals surface area contributed by atoms with Gasteiger partial charge in [0.15, 0.2) is 0 Å². The molecule has 0 unspecified atom stereocenters. The highest BCUT2D eigenvalue weighted by molar-refractivity contribution is 9.11. The van der Waals surface area contributed by atoms with Crippen molar-refractivity contribution in [2.24, 2.45) is 0 Å². The first-order valence-corrected chi connectivity index (χ1v) is 22.6. The van der Waals surface area contributed by atoms with Crippen molar-refractivity contribution in [2.75, 3.05) is 0 Å². The Hall–Kier alpha value is 0.360. The van der Waals surface area contributed by atoms with Gasteiger partial charge >= 0.3 is 0 Å². The SMILES string of the molecule is CCCCCCCCCCCCCCCCc1c(-c2csc(Br)c2CCCCCCCCCCCCCCCC)csc1Br. The second-order valence-electron chi connectivity index (χ2n) is 13.5. The summed E-state index contributed by atoms with van der Waals surface area (Å²) in [5.41, 5.74) is 6.11. The second kappa shape index (κ2) is 28.4. The summed E-state index contributed by atoms with van der Waals surface area (Å²) >= 11 is 11.6. The van der Waals surface area contributed by atoms with E-state index in [0.717, 1.165) is 0 Å². The van der Waals surface area contributed by atoms with Gasteiger partial charge < -0.3 is 0 Å². The molecule has 0 N–H and O–H groups in total. The number of halogens is 2. The molecule has 0 amide bonds. The van der Waals surface area contributed by atoms with Crippen LogP contribution in [-0.4, -0.2) is 0 Å². The van der Waals surface area contributed by atoms with Gasteiger partial charge in [-0.3, -0.25) is 0 Å². The summed E-state index contributed by atoms with van der Waals surface area (Å²) in [6.07, 6.45) is 42.3. The van der Waals surface area contributed by atoms with Crippen LogP contribution in [0.1, 0.15) is 205 Å². The van der Waals surface area contributed by atoms with E-state index in [1.165, 1.54) is 211 Å².